The number of nitrogens with one attached hydrogen (secondary N) is 1. The Balaban J connectivity index is 2.30. The molecule has 5 nitrogen and oxygen atoms in total. The fourth-order valence-corrected chi connectivity index (χ4v) is 4.69. The van der Waals surface area contributed by atoms with Crippen LogP contribution in [0.2, 0.25) is 0 Å². The van der Waals surface area contributed by atoms with Crippen molar-refractivity contribution in [1.29, 1.82) is 0 Å². The maximum absolute atomic E-state index is 12.7. The molecule has 23 heavy (non-hydrogen) atoms. The first-order valence-corrected chi connectivity index (χ1v) is 9.28. The quantitative estimate of drug-likeness (QED) is 0.916. The van der Waals surface area contributed by atoms with Crippen molar-refractivity contribution in [3.8, 4) is 0 Å². The maximum atomic E-state index is 12.7. The summed E-state index contributed by atoms with van der Waals surface area (Å²) in [7, 11) is -3.60. The minimum atomic E-state index is -3.60. The van der Waals surface area contributed by atoms with Gasteiger partial charge >= 0.3 is 0 Å². The smallest absolute Gasteiger partial charge is 0.251 e. The zero-order valence-corrected chi connectivity index (χ0v) is 14.8. The molecule has 3 rings (SSSR count). The first-order chi connectivity index (χ1) is 10.6. The molecule has 1 N–H and O–H groups in total. The summed E-state index contributed by atoms with van der Waals surface area (Å²) < 4.78 is 29.8. The highest BCUT2D eigenvalue weighted by Crippen LogP contribution is 2.29. The third-order valence-corrected chi connectivity index (χ3v) is 5.78. The lowest BCUT2D eigenvalue weighted by Crippen LogP contribution is -2.40. The molecule has 0 saturated carbocycles. The second kappa shape index (κ2) is 5.18. The Kier molecular flexibility index (Phi) is 3.65. The van der Waals surface area contributed by atoms with Gasteiger partial charge in [-0.2, -0.15) is 0 Å². The summed E-state index contributed by atoms with van der Waals surface area (Å²) in [5, 5.41) is 0.844. The Labute approximate surface area is 136 Å². The number of aromatic nitrogens is 1. The average Bonchev–Trinajstić information content (AvgIpc) is 2.41. The standard InChI is InChI=1S/C17H22N2O3S/c1-11-8-15(20)19-7-5-6-12-9-13(10-14(11)16(12)19)23(21,22)18-17(2,3)4/h8-10,18H,5-7H2,1-4H3. The molecule has 0 aliphatic carbocycles. The summed E-state index contributed by atoms with van der Waals surface area (Å²) in [6, 6.07) is 4.99. The predicted octanol–water partition coefficient (Wildman–Crippen LogP) is 2.33. The Morgan fingerprint density at radius 2 is 1.87 bits per heavy atom. The van der Waals surface area contributed by atoms with E-state index in [1.165, 1.54) is 0 Å². The van der Waals surface area contributed by atoms with Gasteiger partial charge in [0.25, 0.3) is 5.56 Å². The molecule has 2 aromatic rings. The Hall–Kier alpha value is -1.66. The van der Waals surface area contributed by atoms with Gasteiger partial charge in [-0.25, -0.2) is 13.1 Å². The molecule has 6 heteroatoms. The zero-order chi connectivity index (χ0) is 17.0. The van der Waals surface area contributed by atoms with Crippen molar-refractivity contribution in [2.75, 3.05) is 0 Å². The van der Waals surface area contributed by atoms with Gasteiger partial charge < -0.3 is 4.57 Å². The summed E-state index contributed by atoms with van der Waals surface area (Å²) in [6.45, 7) is 8.00. The van der Waals surface area contributed by atoms with Crippen LogP contribution >= 0.6 is 0 Å². The molecule has 0 fully saturated rings. The molecule has 0 amide bonds. The highest BCUT2D eigenvalue weighted by Gasteiger charge is 2.25. The number of nitrogens with zero attached hydrogens (tertiary/aromatic N) is 1. The lowest BCUT2D eigenvalue weighted by atomic mass is 9.99. The van der Waals surface area contributed by atoms with E-state index in [0.717, 1.165) is 34.9 Å². The molecule has 124 valence electrons. The van der Waals surface area contributed by atoms with Crippen LogP contribution in [0.3, 0.4) is 0 Å². The van der Waals surface area contributed by atoms with Crippen LogP contribution in [0, 0.1) is 6.92 Å². The second-order valence-electron chi connectivity index (χ2n) is 7.25. The molecule has 0 saturated heterocycles. The van der Waals surface area contributed by atoms with Gasteiger partial charge in [-0.15, -0.1) is 0 Å². The first kappa shape index (κ1) is 16.2. The Bertz CT molecular complexity index is 950. The number of hydrogen-bond donors (Lipinski definition) is 1. The molecule has 0 bridgehead atoms. The van der Waals surface area contributed by atoms with Crippen LogP contribution in [-0.4, -0.2) is 18.5 Å². The van der Waals surface area contributed by atoms with Gasteiger partial charge in [0.15, 0.2) is 0 Å². The zero-order valence-electron chi connectivity index (χ0n) is 13.9. The van der Waals surface area contributed by atoms with Crippen LogP contribution in [0.5, 0.6) is 0 Å². The van der Waals surface area contributed by atoms with Crippen LogP contribution in [-0.2, 0) is 23.0 Å². The van der Waals surface area contributed by atoms with E-state index < -0.39 is 15.6 Å². The molecule has 0 radical (unpaired) electrons. The highest BCUT2D eigenvalue weighted by molar-refractivity contribution is 7.89. The third-order valence-electron chi connectivity index (χ3n) is 4.04. The summed E-state index contributed by atoms with van der Waals surface area (Å²) in [5.41, 5.74) is 2.08. The van der Waals surface area contributed by atoms with Gasteiger partial charge in [-0.1, -0.05) is 0 Å². The van der Waals surface area contributed by atoms with Crippen LogP contribution in [0.25, 0.3) is 10.9 Å². The molecule has 0 spiro atoms. The van der Waals surface area contributed by atoms with E-state index in [-0.39, 0.29) is 10.5 Å². The van der Waals surface area contributed by atoms with E-state index >= 15 is 0 Å². The van der Waals surface area contributed by atoms with E-state index in [2.05, 4.69) is 4.72 Å². The minimum absolute atomic E-state index is 0.0145. The van der Waals surface area contributed by atoms with Gasteiger partial charge in [0.05, 0.1) is 10.4 Å². The monoisotopic (exact) mass is 334 g/mol. The summed E-state index contributed by atoms with van der Waals surface area (Å²) in [6.07, 6.45) is 1.64. The van der Waals surface area contributed by atoms with Crippen molar-refractivity contribution in [2.45, 2.75) is 57.5 Å². The summed E-state index contributed by atoms with van der Waals surface area (Å²) in [4.78, 5) is 12.4. The summed E-state index contributed by atoms with van der Waals surface area (Å²) in [5.74, 6) is 0. The van der Waals surface area contributed by atoms with Gasteiger partial charge in [0, 0.05) is 23.5 Å². The molecule has 0 unspecified atom stereocenters. The molecule has 2 heterocycles. The van der Waals surface area contributed by atoms with Crippen LogP contribution in [0.1, 0.15) is 38.3 Å². The minimum Gasteiger partial charge on any atom is -0.308 e. The molecule has 1 aromatic carbocycles. The highest BCUT2D eigenvalue weighted by atomic mass is 32.2. The fraction of sp³-hybridized carbons (Fsp3) is 0.471. The number of sulfonamides is 1. The van der Waals surface area contributed by atoms with Gasteiger partial charge in [-0.3, -0.25) is 4.79 Å². The van der Waals surface area contributed by atoms with Gasteiger partial charge in [0.2, 0.25) is 10.0 Å². The Morgan fingerprint density at radius 1 is 1.17 bits per heavy atom. The largest absolute Gasteiger partial charge is 0.308 e. The third kappa shape index (κ3) is 2.93. The van der Waals surface area contributed by atoms with Crippen LogP contribution < -0.4 is 10.3 Å². The SMILES string of the molecule is Cc1cc(=O)n2c3c(cc(S(=O)(=O)NC(C)(C)C)cc13)CCC2. The van der Waals surface area contributed by atoms with Crippen LogP contribution in [0.15, 0.2) is 27.9 Å². The predicted molar refractivity (Wildman–Crippen MR) is 91.3 cm³/mol. The van der Waals surface area contributed by atoms with Crippen molar-refractivity contribution in [3.63, 3.8) is 0 Å². The molecular weight excluding hydrogens is 312 g/mol. The fourth-order valence-electron chi connectivity index (χ4n) is 3.19. The maximum Gasteiger partial charge on any atom is 0.251 e. The number of hydrogen-bond acceptors (Lipinski definition) is 3. The van der Waals surface area contributed by atoms with Crippen molar-refractivity contribution >= 4 is 20.9 Å². The lowest BCUT2D eigenvalue weighted by molar-refractivity contribution is 0.491. The number of benzene rings is 1. The number of pyridine rings is 1. The molecule has 0 atom stereocenters. The van der Waals surface area contributed by atoms with E-state index in [1.54, 1.807) is 22.8 Å². The molecular formula is C17H22N2O3S. The second-order valence-corrected chi connectivity index (χ2v) is 8.94. The van der Waals surface area contributed by atoms with Gasteiger partial charge in [-0.05, 0) is 63.8 Å². The topological polar surface area (TPSA) is 68.2 Å². The van der Waals surface area contributed by atoms with Gasteiger partial charge in [0.1, 0.15) is 0 Å². The first-order valence-electron chi connectivity index (χ1n) is 7.79. The van der Waals surface area contributed by atoms with E-state index in [0.29, 0.717) is 6.54 Å². The normalized spacial score (nSPS) is 15.1. The molecule has 1 aromatic heterocycles. The summed E-state index contributed by atoms with van der Waals surface area (Å²) >= 11 is 0. The number of aryl methyl sites for hydroxylation is 3. The number of rotatable bonds is 2. The van der Waals surface area contributed by atoms with E-state index in [1.807, 2.05) is 27.7 Å². The van der Waals surface area contributed by atoms with E-state index in [9.17, 15) is 13.2 Å². The van der Waals surface area contributed by atoms with Crippen molar-refractivity contribution < 1.29 is 8.42 Å². The van der Waals surface area contributed by atoms with Crippen LogP contribution in [0.4, 0.5) is 0 Å². The lowest BCUT2D eigenvalue weighted by Gasteiger charge is -2.23. The van der Waals surface area contributed by atoms with E-state index in [4.69, 9.17) is 0 Å². The molecule has 1 aliphatic rings. The van der Waals surface area contributed by atoms with Crippen molar-refractivity contribution in [2.24, 2.45) is 0 Å². The Morgan fingerprint density at radius 3 is 2.52 bits per heavy atom. The molecule has 1 aliphatic heterocycles. The average molecular weight is 334 g/mol. The van der Waals surface area contributed by atoms with Crippen molar-refractivity contribution in [1.82, 2.24) is 9.29 Å². The van der Waals surface area contributed by atoms with Crippen molar-refractivity contribution in [3.05, 3.63) is 39.7 Å².